The van der Waals surface area contributed by atoms with Gasteiger partial charge in [0.05, 0.1) is 11.7 Å². The number of benzene rings is 1. The van der Waals surface area contributed by atoms with Crippen molar-refractivity contribution in [2.24, 2.45) is 5.84 Å². The number of aromatic nitrogens is 2. The number of aryl methyl sites for hydroxylation is 2. The Labute approximate surface area is 112 Å². The molecule has 0 saturated heterocycles. The van der Waals surface area contributed by atoms with Crippen LogP contribution in [0.1, 0.15) is 29.8 Å². The molecule has 0 fully saturated rings. The molecule has 1 heterocycles. The highest BCUT2D eigenvalue weighted by Gasteiger charge is 2.17. The lowest BCUT2D eigenvalue weighted by atomic mass is 10.0. The Morgan fingerprint density at radius 3 is 2.83 bits per heavy atom. The third-order valence-electron chi connectivity index (χ3n) is 3.04. The van der Waals surface area contributed by atoms with Gasteiger partial charge in [-0.15, -0.1) is 0 Å². The van der Waals surface area contributed by atoms with Crippen LogP contribution in [-0.2, 0) is 6.54 Å². The largest absolute Gasteiger partial charge is 0.271 e. The highest BCUT2D eigenvalue weighted by atomic mass is 35.5. The predicted octanol–water partition coefficient (Wildman–Crippen LogP) is 2.42. The third-order valence-corrected chi connectivity index (χ3v) is 3.45. The SMILES string of the molecule is CCn1nccc1C(NN)c1ccc(C)c(Cl)c1. The van der Waals surface area contributed by atoms with E-state index in [1.807, 2.05) is 42.8 Å². The van der Waals surface area contributed by atoms with E-state index < -0.39 is 0 Å². The Balaban J connectivity index is 2.42. The molecular formula is C13H17ClN4. The van der Waals surface area contributed by atoms with E-state index in [1.54, 1.807) is 6.20 Å². The topological polar surface area (TPSA) is 55.9 Å². The van der Waals surface area contributed by atoms with Crippen LogP contribution in [0, 0.1) is 6.92 Å². The van der Waals surface area contributed by atoms with Crippen molar-refractivity contribution in [1.29, 1.82) is 0 Å². The Hall–Kier alpha value is -1.36. The van der Waals surface area contributed by atoms with E-state index in [0.717, 1.165) is 28.4 Å². The van der Waals surface area contributed by atoms with Gasteiger partial charge in [-0.1, -0.05) is 23.7 Å². The van der Waals surface area contributed by atoms with Gasteiger partial charge in [-0.2, -0.15) is 5.10 Å². The molecule has 0 aliphatic heterocycles. The van der Waals surface area contributed by atoms with Gasteiger partial charge >= 0.3 is 0 Å². The van der Waals surface area contributed by atoms with Gasteiger partial charge in [-0.25, -0.2) is 5.43 Å². The highest BCUT2D eigenvalue weighted by molar-refractivity contribution is 6.31. The molecule has 1 aromatic heterocycles. The molecule has 5 heteroatoms. The maximum atomic E-state index is 6.16. The summed E-state index contributed by atoms with van der Waals surface area (Å²) in [6, 6.07) is 7.81. The summed E-state index contributed by atoms with van der Waals surface area (Å²) in [5.74, 6) is 5.67. The van der Waals surface area contributed by atoms with Crippen molar-refractivity contribution >= 4 is 11.6 Å². The summed E-state index contributed by atoms with van der Waals surface area (Å²) in [5, 5.41) is 5.00. The number of halogens is 1. The van der Waals surface area contributed by atoms with Crippen LogP contribution in [0.4, 0.5) is 0 Å². The van der Waals surface area contributed by atoms with Gasteiger partial charge in [0.15, 0.2) is 0 Å². The zero-order valence-electron chi connectivity index (χ0n) is 10.5. The molecule has 0 aliphatic carbocycles. The van der Waals surface area contributed by atoms with Crippen molar-refractivity contribution in [1.82, 2.24) is 15.2 Å². The van der Waals surface area contributed by atoms with Crippen molar-refractivity contribution in [3.63, 3.8) is 0 Å². The normalized spacial score (nSPS) is 12.7. The first-order chi connectivity index (χ1) is 8.67. The lowest BCUT2D eigenvalue weighted by Gasteiger charge is -2.18. The quantitative estimate of drug-likeness (QED) is 0.659. The van der Waals surface area contributed by atoms with Gasteiger partial charge < -0.3 is 0 Å². The molecule has 2 rings (SSSR count). The van der Waals surface area contributed by atoms with Gasteiger partial charge in [-0.3, -0.25) is 10.5 Å². The first kappa shape index (κ1) is 13.1. The Bertz CT molecular complexity index is 536. The smallest absolute Gasteiger partial charge is 0.0878 e. The number of hydrazine groups is 1. The van der Waals surface area contributed by atoms with Crippen LogP contribution in [0.3, 0.4) is 0 Å². The molecule has 18 heavy (non-hydrogen) atoms. The lowest BCUT2D eigenvalue weighted by molar-refractivity contribution is 0.543. The molecule has 0 amide bonds. The van der Waals surface area contributed by atoms with Crippen LogP contribution in [-0.4, -0.2) is 9.78 Å². The lowest BCUT2D eigenvalue weighted by Crippen LogP contribution is -2.30. The van der Waals surface area contributed by atoms with Crippen molar-refractivity contribution in [2.75, 3.05) is 0 Å². The fourth-order valence-corrected chi connectivity index (χ4v) is 2.18. The maximum Gasteiger partial charge on any atom is 0.0878 e. The van der Waals surface area contributed by atoms with Crippen LogP contribution in [0.25, 0.3) is 0 Å². The Kier molecular flexibility index (Phi) is 4.01. The van der Waals surface area contributed by atoms with E-state index >= 15 is 0 Å². The number of nitrogens with one attached hydrogen (secondary N) is 1. The zero-order chi connectivity index (χ0) is 13.1. The third kappa shape index (κ3) is 2.41. The summed E-state index contributed by atoms with van der Waals surface area (Å²) in [7, 11) is 0. The van der Waals surface area contributed by atoms with E-state index in [-0.39, 0.29) is 6.04 Å². The standard InChI is InChI=1S/C13H17ClN4/c1-3-18-12(6-7-16-18)13(17-15)10-5-4-9(2)11(14)8-10/h4-8,13,17H,3,15H2,1-2H3. The highest BCUT2D eigenvalue weighted by Crippen LogP contribution is 2.25. The van der Waals surface area contributed by atoms with Crippen molar-refractivity contribution in [2.45, 2.75) is 26.4 Å². The van der Waals surface area contributed by atoms with Crippen LogP contribution >= 0.6 is 11.6 Å². The van der Waals surface area contributed by atoms with Crippen LogP contribution in [0.5, 0.6) is 0 Å². The average molecular weight is 265 g/mol. The molecule has 1 atom stereocenters. The van der Waals surface area contributed by atoms with Crippen molar-refractivity contribution in [3.8, 4) is 0 Å². The minimum Gasteiger partial charge on any atom is -0.271 e. The van der Waals surface area contributed by atoms with Crippen molar-refractivity contribution in [3.05, 3.63) is 52.3 Å². The molecule has 3 N–H and O–H groups in total. The van der Waals surface area contributed by atoms with Gasteiger partial charge in [0, 0.05) is 17.8 Å². The number of nitrogens with zero attached hydrogens (tertiary/aromatic N) is 2. The summed E-state index contributed by atoms with van der Waals surface area (Å²) >= 11 is 6.16. The molecule has 0 aliphatic rings. The fourth-order valence-electron chi connectivity index (χ4n) is 1.99. The minimum absolute atomic E-state index is 0.106. The van der Waals surface area contributed by atoms with E-state index in [4.69, 9.17) is 17.4 Å². The van der Waals surface area contributed by atoms with Gasteiger partial charge in [-0.05, 0) is 37.1 Å². The van der Waals surface area contributed by atoms with E-state index in [2.05, 4.69) is 10.5 Å². The van der Waals surface area contributed by atoms with Gasteiger partial charge in [0.25, 0.3) is 0 Å². The van der Waals surface area contributed by atoms with E-state index in [9.17, 15) is 0 Å². The van der Waals surface area contributed by atoms with E-state index in [0.29, 0.717) is 0 Å². The molecular weight excluding hydrogens is 248 g/mol. The van der Waals surface area contributed by atoms with Crippen LogP contribution < -0.4 is 11.3 Å². The Morgan fingerprint density at radius 1 is 1.44 bits per heavy atom. The first-order valence-electron chi connectivity index (χ1n) is 5.91. The Morgan fingerprint density at radius 2 is 2.22 bits per heavy atom. The molecule has 1 unspecified atom stereocenters. The molecule has 0 spiro atoms. The molecule has 4 nitrogen and oxygen atoms in total. The fraction of sp³-hybridized carbons (Fsp3) is 0.308. The molecule has 1 aromatic carbocycles. The predicted molar refractivity (Wildman–Crippen MR) is 73.3 cm³/mol. The molecule has 0 saturated carbocycles. The summed E-state index contributed by atoms with van der Waals surface area (Å²) in [6.45, 7) is 4.83. The maximum absolute atomic E-state index is 6.16. The number of hydrogen-bond donors (Lipinski definition) is 2. The second-order valence-corrected chi connectivity index (χ2v) is 4.59. The van der Waals surface area contributed by atoms with Crippen molar-refractivity contribution < 1.29 is 0 Å². The number of rotatable bonds is 4. The van der Waals surface area contributed by atoms with Crippen LogP contribution in [0.15, 0.2) is 30.5 Å². The average Bonchev–Trinajstić information content (AvgIpc) is 2.83. The minimum atomic E-state index is -0.106. The van der Waals surface area contributed by atoms with Gasteiger partial charge in [0.2, 0.25) is 0 Å². The zero-order valence-corrected chi connectivity index (χ0v) is 11.3. The molecule has 0 bridgehead atoms. The summed E-state index contributed by atoms with van der Waals surface area (Å²) < 4.78 is 1.91. The molecule has 96 valence electrons. The van der Waals surface area contributed by atoms with E-state index in [1.165, 1.54) is 0 Å². The number of hydrogen-bond acceptors (Lipinski definition) is 3. The second-order valence-electron chi connectivity index (χ2n) is 4.18. The summed E-state index contributed by atoms with van der Waals surface area (Å²) in [5.41, 5.74) is 5.94. The van der Waals surface area contributed by atoms with Crippen LogP contribution in [0.2, 0.25) is 5.02 Å². The monoisotopic (exact) mass is 264 g/mol. The second kappa shape index (κ2) is 5.52. The van der Waals surface area contributed by atoms with Gasteiger partial charge in [0.1, 0.15) is 0 Å². The first-order valence-corrected chi connectivity index (χ1v) is 6.29. The molecule has 2 aromatic rings. The summed E-state index contributed by atoms with van der Waals surface area (Å²) in [4.78, 5) is 0. The molecule has 0 radical (unpaired) electrons. The number of nitrogens with two attached hydrogens (primary N) is 1. The summed E-state index contributed by atoms with van der Waals surface area (Å²) in [6.07, 6.45) is 1.78.